The van der Waals surface area contributed by atoms with E-state index in [-0.39, 0.29) is 47.9 Å². The number of aryl methyl sites for hydroxylation is 2. The SMILES string of the molecule is Cc1ccc(C)c(NC(=O)CN2C(=O)[C@@H]3[C@H]4C=C[C@@H]([C@@H]5C[C@H]45)[C@H]3C2=O)c1. The number of nitrogens with one attached hydrogen (secondary N) is 1. The maximum absolute atomic E-state index is 12.9. The van der Waals surface area contributed by atoms with Gasteiger partial charge in [-0.1, -0.05) is 24.3 Å². The van der Waals surface area contributed by atoms with Gasteiger partial charge in [-0.3, -0.25) is 19.3 Å². The van der Waals surface area contributed by atoms with E-state index in [1.54, 1.807) is 0 Å². The van der Waals surface area contributed by atoms with Crippen molar-refractivity contribution in [2.45, 2.75) is 20.3 Å². The third kappa shape index (κ3) is 2.12. The van der Waals surface area contributed by atoms with Crippen molar-refractivity contribution in [3.05, 3.63) is 41.5 Å². The number of hydrogen-bond acceptors (Lipinski definition) is 3. The lowest BCUT2D eigenvalue weighted by atomic mass is 9.63. The van der Waals surface area contributed by atoms with Gasteiger partial charge in [-0.2, -0.15) is 0 Å². The molecule has 1 saturated heterocycles. The molecule has 1 aliphatic heterocycles. The monoisotopic (exact) mass is 350 g/mol. The van der Waals surface area contributed by atoms with Crippen LogP contribution in [0.1, 0.15) is 17.5 Å². The van der Waals surface area contributed by atoms with Crippen LogP contribution in [0, 0.1) is 49.4 Å². The summed E-state index contributed by atoms with van der Waals surface area (Å²) in [5.41, 5.74) is 2.74. The fourth-order valence-corrected chi connectivity index (χ4v) is 5.38. The van der Waals surface area contributed by atoms with Crippen molar-refractivity contribution in [1.29, 1.82) is 0 Å². The lowest BCUT2D eigenvalue weighted by Gasteiger charge is -2.37. The summed E-state index contributed by atoms with van der Waals surface area (Å²) < 4.78 is 0. The second kappa shape index (κ2) is 5.29. The summed E-state index contributed by atoms with van der Waals surface area (Å²) in [4.78, 5) is 39.5. The van der Waals surface area contributed by atoms with Crippen LogP contribution in [0.3, 0.4) is 0 Å². The topological polar surface area (TPSA) is 66.5 Å². The molecule has 1 aromatic carbocycles. The number of anilines is 1. The zero-order valence-electron chi connectivity index (χ0n) is 14.9. The summed E-state index contributed by atoms with van der Waals surface area (Å²) in [5.74, 6) is 0.436. The number of hydrogen-bond donors (Lipinski definition) is 1. The summed E-state index contributed by atoms with van der Waals surface area (Å²) in [5, 5.41) is 2.86. The minimum atomic E-state index is -0.315. The molecule has 0 radical (unpaired) electrons. The summed E-state index contributed by atoms with van der Waals surface area (Å²) in [7, 11) is 0. The Labute approximate surface area is 152 Å². The molecular formula is C21H22N2O3. The number of benzene rings is 1. The normalized spacial score (nSPS) is 36.2. The van der Waals surface area contributed by atoms with Gasteiger partial charge in [-0.25, -0.2) is 0 Å². The van der Waals surface area contributed by atoms with Gasteiger partial charge >= 0.3 is 0 Å². The number of amides is 3. The molecule has 26 heavy (non-hydrogen) atoms. The van der Waals surface area contributed by atoms with Crippen LogP contribution in [-0.4, -0.2) is 29.2 Å². The molecule has 2 saturated carbocycles. The van der Waals surface area contributed by atoms with Crippen molar-refractivity contribution in [2.75, 3.05) is 11.9 Å². The standard InChI is InChI=1S/C21H22N2O3/c1-10-3-4-11(2)16(7-10)22-17(24)9-23-20(25)18-12-5-6-13(15-8-14(12)15)19(18)21(23)26/h3-7,12-15,18-19H,8-9H2,1-2H3,(H,22,24)/t12-,13-,14-,15+,18+,19+/m0/s1. The Kier molecular flexibility index (Phi) is 3.21. The van der Waals surface area contributed by atoms with Gasteiger partial charge in [0.1, 0.15) is 6.54 Å². The number of imide groups is 1. The Morgan fingerprint density at radius 3 is 2.31 bits per heavy atom. The molecule has 3 amide bonds. The third-order valence-corrected chi connectivity index (χ3v) is 6.72. The molecule has 0 unspecified atom stereocenters. The van der Waals surface area contributed by atoms with Crippen LogP contribution in [0.4, 0.5) is 5.69 Å². The van der Waals surface area contributed by atoms with Crippen molar-refractivity contribution in [1.82, 2.24) is 4.90 Å². The number of likely N-dealkylation sites (tertiary alicyclic amines) is 1. The molecule has 1 N–H and O–H groups in total. The number of nitrogens with zero attached hydrogens (tertiary/aromatic N) is 1. The zero-order chi connectivity index (χ0) is 18.2. The minimum absolute atomic E-state index is 0.152. The largest absolute Gasteiger partial charge is 0.324 e. The summed E-state index contributed by atoms with van der Waals surface area (Å²) in [6, 6.07) is 5.83. The van der Waals surface area contributed by atoms with Crippen LogP contribution in [-0.2, 0) is 14.4 Å². The van der Waals surface area contributed by atoms with E-state index in [1.807, 2.05) is 32.0 Å². The number of rotatable bonds is 3. The molecule has 134 valence electrons. The van der Waals surface area contributed by atoms with Crippen molar-refractivity contribution in [2.24, 2.45) is 35.5 Å². The second-order valence-electron chi connectivity index (χ2n) is 8.28. The van der Waals surface area contributed by atoms with Gasteiger partial charge < -0.3 is 5.32 Å². The predicted octanol–water partition coefficient (Wildman–Crippen LogP) is 2.30. The molecule has 0 aromatic heterocycles. The van der Waals surface area contributed by atoms with Crippen LogP contribution in [0.25, 0.3) is 0 Å². The summed E-state index contributed by atoms with van der Waals surface area (Å²) >= 11 is 0. The molecular weight excluding hydrogens is 328 g/mol. The highest BCUT2D eigenvalue weighted by Crippen LogP contribution is 2.65. The first-order valence-electron chi connectivity index (χ1n) is 9.36. The first-order chi connectivity index (χ1) is 12.5. The fourth-order valence-electron chi connectivity index (χ4n) is 5.38. The van der Waals surface area contributed by atoms with Gasteiger partial charge in [-0.15, -0.1) is 0 Å². The van der Waals surface area contributed by atoms with Gasteiger partial charge in [0.15, 0.2) is 0 Å². The molecule has 5 aliphatic rings. The van der Waals surface area contributed by atoms with Crippen molar-refractivity contribution < 1.29 is 14.4 Å². The summed E-state index contributed by atoms with van der Waals surface area (Å²) in [6.07, 6.45) is 5.43. The van der Waals surface area contributed by atoms with E-state index in [2.05, 4.69) is 17.5 Å². The van der Waals surface area contributed by atoms with E-state index >= 15 is 0 Å². The van der Waals surface area contributed by atoms with Gasteiger partial charge in [0, 0.05) is 5.69 Å². The van der Waals surface area contributed by atoms with Crippen molar-refractivity contribution in [3.63, 3.8) is 0 Å². The smallest absolute Gasteiger partial charge is 0.244 e. The highest BCUT2D eigenvalue weighted by Gasteiger charge is 2.67. The van der Waals surface area contributed by atoms with Gasteiger partial charge in [0.05, 0.1) is 11.8 Å². The first-order valence-corrected chi connectivity index (χ1v) is 9.36. The third-order valence-electron chi connectivity index (χ3n) is 6.72. The average molecular weight is 350 g/mol. The number of allylic oxidation sites excluding steroid dienone is 2. The van der Waals surface area contributed by atoms with Crippen molar-refractivity contribution >= 4 is 23.4 Å². The Bertz CT molecular complexity index is 838. The van der Waals surface area contributed by atoms with Gasteiger partial charge in [0.25, 0.3) is 0 Å². The Morgan fingerprint density at radius 1 is 1.08 bits per heavy atom. The first kappa shape index (κ1) is 15.8. The van der Waals surface area contributed by atoms with E-state index in [9.17, 15) is 14.4 Å². The maximum Gasteiger partial charge on any atom is 0.244 e. The predicted molar refractivity (Wildman–Crippen MR) is 96.0 cm³/mol. The molecule has 1 heterocycles. The number of carbonyl (C=O) groups excluding carboxylic acids is 3. The molecule has 1 aromatic rings. The highest BCUT2D eigenvalue weighted by atomic mass is 16.2. The maximum atomic E-state index is 12.9. The average Bonchev–Trinajstić information content (AvgIpc) is 3.39. The van der Waals surface area contributed by atoms with Gasteiger partial charge in [0.2, 0.25) is 17.7 Å². The van der Waals surface area contributed by atoms with E-state index in [0.717, 1.165) is 23.2 Å². The van der Waals surface area contributed by atoms with Crippen LogP contribution in [0.15, 0.2) is 30.4 Å². The van der Waals surface area contributed by atoms with Crippen molar-refractivity contribution in [3.8, 4) is 0 Å². The molecule has 0 spiro atoms. The molecule has 4 aliphatic carbocycles. The Balaban J connectivity index is 1.34. The van der Waals surface area contributed by atoms with E-state index < -0.39 is 0 Å². The molecule has 6 atom stereocenters. The van der Waals surface area contributed by atoms with E-state index in [0.29, 0.717) is 11.8 Å². The lowest BCUT2D eigenvalue weighted by Crippen LogP contribution is -2.40. The van der Waals surface area contributed by atoms with Crippen LogP contribution in [0.5, 0.6) is 0 Å². The van der Waals surface area contributed by atoms with Crippen LogP contribution >= 0.6 is 0 Å². The molecule has 5 nitrogen and oxygen atoms in total. The van der Waals surface area contributed by atoms with E-state index in [4.69, 9.17) is 0 Å². The summed E-state index contributed by atoms with van der Waals surface area (Å²) in [6.45, 7) is 3.69. The van der Waals surface area contributed by atoms with Crippen LogP contribution < -0.4 is 5.32 Å². The lowest BCUT2D eigenvalue weighted by molar-refractivity contribution is -0.142. The van der Waals surface area contributed by atoms with Crippen LogP contribution in [0.2, 0.25) is 0 Å². The number of carbonyl (C=O) groups is 3. The van der Waals surface area contributed by atoms with Gasteiger partial charge in [-0.05, 0) is 61.1 Å². The fraction of sp³-hybridized carbons (Fsp3) is 0.476. The Morgan fingerprint density at radius 2 is 1.69 bits per heavy atom. The molecule has 6 rings (SSSR count). The highest BCUT2D eigenvalue weighted by molar-refractivity contribution is 6.09. The molecule has 3 fully saturated rings. The van der Waals surface area contributed by atoms with E-state index in [1.165, 1.54) is 4.90 Å². The Hall–Kier alpha value is -2.43. The second-order valence-corrected chi connectivity index (χ2v) is 8.28. The quantitative estimate of drug-likeness (QED) is 0.672. The molecule has 5 heteroatoms. The molecule has 2 bridgehead atoms. The zero-order valence-corrected chi connectivity index (χ0v) is 14.9. The minimum Gasteiger partial charge on any atom is -0.324 e.